The van der Waals surface area contributed by atoms with Crippen molar-refractivity contribution in [3.8, 4) is 0 Å². The van der Waals surface area contributed by atoms with E-state index in [0.717, 1.165) is 0 Å². The molecule has 6 aromatic rings. The van der Waals surface area contributed by atoms with E-state index >= 15 is 8.78 Å². The number of carbonyl (C=O) groups excluding carboxylic acids is 4. The molecule has 2 aliphatic heterocycles. The van der Waals surface area contributed by atoms with E-state index in [1.807, 2.05) is 82.5 Å². The number of amides is 2. The molecule has 26 heteroatoms. The Bertz CT molecular complexity index is 3290. The van der Waals surface area contributed by atoms with Gasteiger partial charge in [-0.25, -0.2) is 37.7 Å². The Morgan fingerprint density at radius 3 is 1.40 bits per heavy atom. The number of aromatic nitrogens is 8. The minimum atomic E-state index is -0.690. The number of fused-ring (bicyclic) bond motifs is 6. The number of likely N-dealkylation sites (tertiary alicyclic amines) is 2. The zero-order valence-corrected chi connectivity index (χ0v) is 54.0. The molecule has 4 aromatic heterocycles. The molecule has 8 rings (SSSR count). The highest BCUT2D eigenvalue weighted by molar-refractivity contribution is 14.1. The first-order valence-corrected chi connectivity index (χ1v) is 30.1. The van der Waals surface area contributed by atoms with Gasteiger partial charge in [-0.1, -0.05) is 22.0 Å². The largest absolute Gasteiger partial charge is 0.460 e. The molecule has 2 saturated heterocycles. The first-order chi connectivity index (χ1) is 35.6. The van der Waals surface area contributed by atoms with Gasteiger partial charge in [-0.3, -0.25) is 9.59 Å². The molecule has 0 aliphatic carbocycles. The molecule has 18 nitrogen and oxygen atoms in total. The molecule has 2 aromatic carbocycles. The minimum Gasteiger partial charge on any atom is -0.460 e. The van der Waals surface area contributed by atoms with Gasteiger partial charge in [0.1, 0.15) is 55.0 Å². The first-order valence-electron chi connectivity index (χ1n) is 24.7. The predicted octanol–water partition coefficient (Wildman–Crippen LogP) is 13.7. The van der Waals surface area contributed by atoms with E-state index < -0.39 is 70.2 Å². The van der Waals surface area contributed by atoms with E-state index in [4.69, 9.17) is 30.5 Å². The number of benzene rings is 2. The van der Waals surface area contributed by atoms with E-state index in [9.17, 15) is 19.2 Å². The minimum absolute atomic E-state index is 0.0114. The summed E-state index contributed by atoms with van der Waals surface area (Å²) >= 11 is 18.5. The summed E-state index contributed by atoms with van der Waals surface area (Å²) < 4.78 is 58.4. The van der Waals surface area contributed by atoms with Crippen LogP contribution in [0.4, 0.5) is 18.4 Å². The van der Waals surface area contributed by atoms with Crippen LogP contribution in [-0.2, 0) is 28.5 Å². The Kier molecular flexibility index (Phi) is 18.6. The number of ether oxygens (including phenoxy) is 4. The number of rotatable bonds is 7. The van der Waals surface area contributed by atoms with Crippen LogP contribution in [0.15, 0.2) is 26.1 Å². The molecule has 77 heavy (non-hydrogen) atoms. The predicted molar refractivity (Wildman–Crippen MR) is 314 cm³/mol. The van der Waals surface area contributed by atoms with E-state index in [-0.39, 0.29) is 41.1 Å². The van der Waals surface area contributed by atoms with Crippen LogP contribution in [0, 0.1) is 18.8 Å². The molecule has 418 valence electrons. The SMILES string of the molecule is CC(C)(C)OC(=O)C[C@@H]1C[C@@H](n2nnc3c(Cl)nc4c(F)c(Br)c(I)cc4c32)CCN1C(=O)OC(C)(C)C.CSc1nc2c(F)c(Br)c(I)cc2c2c1nnn2[C@H]1CCN(C(=O)OC(C)(C)C)[C@H](CC(=O)OC(C)(C)C)C1. The molecule has 0 saturated carbocycles. The summed E-state index contributed by atoms with van der Waals surface area (Å²) in [5.74, 6) is -1.78. The zero-order chi connectivity index (χ0) is 57.0. The number of hydrogen-bond donors (Lipinski definition) is 0. The number of pyridine rings is 2. The second-order valence-corrected chi connectivity index (χ2v) is 27.9. The van der Waals surface area contributed by atoms with E-state index in [1.54, 1.807) is 60.7 Å². The second-order valence-electron chi connectivity index (χ2n) is 22.8. The third-order valence-corrected chi connectivity index (χ3v) is 17.8. The lowest BCUT2D eigenvalue weighted by molar-refractivity contribution is -0.157. The Labute approximate surface area is 498 Å². The lowest BCUT2D eigenvalue weighted by atomic mass is 9.94. The first kappa shape index (κ1) is 61.1. The summed E-state index contributed by atoms with van der Waals surface area (Å²) in [7, 11) is 0. The normalized spacial score (nSPS) is 18.6. The zero-order valence-electron chi connectivity index (χ0n) is 44.9. The molecule has 2 aliphatic rings. The monoisotopic (exact) mass is 1460 g/mol. The summed E-state index contributed by atoms with van der Waals surface area (Å²) in [6, 6.07) is 2.24. The van der Waals surface area contributed by atoms with Crippen LogP contribution < -0.4 is 0 Å². The molecule has 0 radical (unpaired) electrons. The average Bonchev–Trinajstić information content (AvgIpc) is 3.96. The van der Waals surface area contributed by atoms with Crippen LogP contribution in [0.3, 0.4) is 0 Å². The van der Waals surface area contributed by atoms with Gasteiger partial charge in [0.25, 0.3) is 0 Å². The van der Waals surface area contributed by atoms with Crippen LogP contribution in [-0.4, -0.2) is 128 Å². The van der Waals surface area contributed by atoms with Crippen LogP contribution in [0.5, 0.6) is 0 Å². The molecule has 0 N–H and O–H groups in total. The number of thioether (sulfide) groups is 1. The summed E-state index contributed by atoms with van der Waals surface area (Å²) in [4.78, 5) is 63.8. The van der Waals surface area contributed by atoms with Gasteiger partial charge in [0.15, 0.2) is 22.3 Å². The summed E-state index contributed by atoms with van der Waals surface area (Å²) in [6.07, 6.45) is 2.77. The summed E-state index contributed by atoms with van der Waals surface area (Å²) in [5, 5.41) is 19.3. The maximum absolute atomic E-state index is 15.3. The Morgan fingerprint density at radius 2 is 1.01 bits per heavy atom. The maximum atomic E-state index is 15.3. The van der Waals surface area contributed by atoms with Gasteiger partial charge in [-0.05, 0) is 204 Å². The van der Waals surface area contributed by atoms with Gasteiger partial charge in [0, 0.05) is 43.1 Å². The smallest absolute Gasteiger partial charge is 0.410 e. The molecular weight excluding hydrogens is 1400 g/mol. The Balaban J connectivity index is 0.000000224. The number of piperidine rings is 2. The fraction of sp³-hybridized carbons (Fsp3) is 0.569. The van der Waals surface area contributed by atoms with Crippen LogP contribution in [0.2, 0.25) is 5.15 Å². The van der Waals surface area contributed by atoms with Crippen molar-refractivity contribution >= 4 is 168 Å². The Morgan fingerprint density at radius 1 is 0.636 bits per heavy atom. The van der Waals surface area contributed by atoms with Gasteiger partial charge in [0.05, 0.1) is 33.9 Å². The number of halogens is 7. The van der Waals surface area contributed by atoms with Crippen molar-refractivity contribution in [3.05, 3.63) is 45.0 Å². The van der Waals surface area contributed by atoms with Gasteiger partial charge in [0.2, 0.25) is 0 Å². The molecule has 4 atom stereocenters. The molecule has 6 heterocycles. The van der Waals surface area contributed by atoms with Gasteiger partial charge in [-0.15, -0.1) is 22.0 Å². The lowest BCUT2D eigenvalue weighted by Crippen LogP contribution is -2.49. The lowest BCUT2D eigenvalue weighted by Gasteiger charge is -2.40. The fourth-order valence-electron chi connectivity index (χ4n) is 9.25. The maximum Gasteiger partial charge on any atom is 0.410 e. The van der Waals surface area contributed by atoms with Crippen molar-refractivity contribution in [2.45, 2.75) is 173 Å². The summed E-state index contributed by atoms with van der Waals surface area (Å²) in [6.45, 7) is 22.3. The van der Waals surface area contributed by atoms with Crippen molar-refractivity contribution < 1.29 is 46.9 Å². The standard InChI is InChI=1S/C26H32BrFIN5O4S.C25H29BrClFIN5O4/c1-25(2,3)37-17(35)11-14-10-13(8-9-33(14)24(36)38-26(4,5)6)34-22-15-12-16(29)18(27)19(28)20(15)30-23(39-7)21(22)31-32-34;1-24(2,3)37-16(35)10-13-9-12(7-8-33(13)23(36)38-25(4,5)6)34-21-14-11-15(29)17(26)18(28)19(14)30-22(27)20(21)31-32-34/h12-14H,8-11H2,1-7H3;11-13H,7-10H2,1-6H3/t13-,14-;12-,13-/m00/s1. The van der Waals surface area contributed by atoms with Crippen molar-refractivity contribution in [2.75, 3.05) is 19.3 Å². The van der Waals surface area contributed by atoms with Crippen molar-refractivity contribution in [1.82, 2.24) is 49.8 Å². The fourth-order valence-corrected chi connectivity index (χ4v) is 11.7. The van der Waals surface area contributed by atoms with Crippen molar-refractivity contribution in [3.63, 3.8) is 0 Å². The van der Waals surface area contributed by atoms with Crippen molar-refractivity contribution in [1.29, 1.82) is 0 Å². The quantitative estimate of drug-likeness (QED) is 0.0365. The number of carbonyl (C=O) groups is 4. The van der Waals surface area contributed by atoms with Gasteiger partial charge >= 0.3 is 24.1 Å². The third kappa shape index (κ3) is 14.3. The number of nitrogens with zero attached hydrogens (tertiary/aromatic N) is 10. The highest BCUT2D eigenvalue weighted by Gasteiger charge is 2.40. The number of hydrogen-bond acceptors (Lipinski definition) is 15. The number of esters is 2. The Hall–Kier alpha value is -3.54. The highest BCUT2D eigenvalue weighted by Crippen LogP contribution is 2.41. The topological polar surface area (TPSA) is 199 Å². The van der Waals surface area contributed by atoms with Gasteiger partial charge in [-0.2, -0.15) is 0 Å². The molecule has 2 fully saturated rings. The van der Waals surface area contributed by atoms with Crippen LogP contribution in [0.1, 0.15) is 134 Å². The van der Waals surface area contributed by atoms with E-state index in [2.05, 4.69) is 85.0 Å². The van der Waals surface area contributed by atoms with Crippen LogP contribution >= 0.6 is 100 Å². The third-order valence-electron chi connectivity index (χ3n) is 12.2. The summed E-state index contributed by atoms with van der Waals surface area (Å²) in [5.41, 5.74) is -0.166. The second kappa shape index (κ2) is 23.5. The highest BCUT2D eigenvalue weighted by atomic mass is 127. The molecule has 0 bridgehead atoms. The molecule has 0 unspecified atom stereocenters. The van der Waals surface area contributed by atoms with E-state index in [1.165, 1.54) is 11.8 Å². The van der Waals surface area contributed by atoms with Crippen LogP contribution in [0.25, 0.3) is 43.9 Å². The molecular formula is C51H61Br2ClF2I2N10O8S. The van der Waals surface area contributed by atoms with Crippen molar-refractivity contribution in [2.24, 2.45) is 0 Å². The van der Waals surface area contributed by atoms with Gasteiger partial charge < -0.3 is 28.7 Å². The van der Waals surface area contributed by atoms with E-state index in [0.29, 0.717) is 92.7 Å². The molecule has 2 amide bonds. The molecule has 0 spiro atoms. The average molecular weight is 1460 g/mol.